The fourth-order valence-electron chi connectivity index (χ4n) is 3.16. The second-order valence-corrected chi connectivity index (χ2v) is 5.99. The van der Waals surface area contributed by atoms with E-state index < -0.39 is 40.7 Å². The molecule has 5 nitrogen and oxygen atoms in total. The van der Waals surface area contributed by atoms with Gasteiger partial charge < -0.3 is 9.88 Å². The Kier molecular flexibility index (Phi) is 3.75. The molecule has 4 rings (SSSR count). The Morgan fingerprint density at radius 3 is 2.62 bits per heavy atom. The quantitative estimate of drug-likeness (QED) is 0.715. The molecule has 0 spiro atoms. The van der Waals surface area contributed by atoms with Crippen LogP contribution in [-0.4, -0.2) is 21.2 Å². The molecular weight excluding hydrogens is 347 g/mol. The Morgan fingerprint density at radius 2 is 1.88 bits per heavy atom. The number of nitrogens with zero attached hydrogens (tertiary/aromatic N) is 2. The van der Waals surface area contributed by atoms with Gasteiger partial charge in [-0.25, -0.2) is 18.2 Å². The number of Topliss-reactive ketones (excluding diaryl/α,β-unsaturated/α-hetero) is 1. The van der Waals surface area contributed by atoms with E-state index >= 15 is 0 Å². The number of benzene rings is 2. The number of carbonyl (C=O) groups is 2. The van der Waals surface area contributed by atoms with Crippen molar-refractivity contribution in [3.05, 3.63) is 59.7 Å². The van der Waals surface area contributed by atoms with Gasteiger partial charge in [0.25, 0.3) is 0 Å². The SMILES string of the molecule is O=C1CCn2c(nc3cc(F)ccc32)C1C(=O)Nc1c(F)cccc1F. The Hall–Kier alpha value is -3.16. The van der Waals surface area contributed by atoms with Gasteiger partial charge in [0.15, 0.2) is 11.7 Å². The van der Waals surface area contributed by atoms with Crippen LogP contribution in [0.2, 0.25) is 0 Å². The molecule has 0 saturated heterocycles. The summed E-state index contributed by atoms with van der Waals surface area (Å²) in [6.07, 6.45) is 0.0632. The fourth-order valence-corrected chi connectivity index (χ4v) is 3.16. The van der Waals surface area contributed by atoms with Gasteiger partial charge in [-0.05, 0) is 24.3 Å². The van der Waals surface area contributed by atoms with Crippen LogP contribution in [0.5, 0.6) is 0 Å². The van der Waals surface area contributed by atoms with Crippen LogP contribution < -0.4 is 5.32 Å². The molecule has 26 heavy (non-hydrogen) atoms. The summed E-state index contributed by atoms with van der Waals surface area (Å²) in [5, 5.41) is 2.14. The second-order valence-electron chi connectivity index (χ2n) is 5.99. The van der Waals surface area contributed by atoms with Crippen molar-refractivity contribution in [1.29, 1.82) is 0 Å². The smallest absolute Gasteiger partial charge is 0.242 e. The predicted octanol–water partition coefficient (Wildman–Crippen LogP) is 3.15. The maximum atomic E-state index is 13.8. The summed E-state index contributed by atoms with van der Waals surface area (Å²) >= 11 is 0. The van der Waals surface area contributed by atoms with Crippen LogP contribution in [-0.2, 0) is 16.1 Å². The number of carbonyl (C=O) groups excluding carboxylic acids is 2. The molecule has 132 valence electrons. The summed E-state index contributed by atoms with van der Waals surface area (Å²) < 4.78 is 42.6. The number of aromatic nitrogens is 2. The van der Waals surface area contributed by atoms with Crippen LogP contribution in [0.15, 0.2) is 36.4 Å². The molecule has 1 aliphatic rings. The van der Waals surface area contributed by atoms with E-state index in [1.807, 2.05) is 0 Å². The van der Waals surface area contributed by atoms with Crippen molar-refractivity contribution in [1.82, 2.24) is 9.55 Å². The number of aryl methyl sites for hydroxylation is 1. The van der Waals surface area contributed by atoms with Gasteiger partial charge in [-0.1, -0.05) is 6.07 Å². The average molecular weight is 359 g/mol. The number of rotatable bonds is 2. The lowest BCUT2D eigenvalue weighted by molar-refractivity contribution is -0.128. The highest BCUT2D eigenvalue weighted by Crippen LogP contribution is 2.30. The van der Waals surface area contributed by atoms with Crippen LogP contribution >= 0.6 is 0 Å². The molecule has 1 aliphatic heterocycles. The molecule has 1 atom stereocenters. The first-order valence-electron chi connectivity index (χ1n) is 7.89. The summed E-state index contributed by atoms with van der Waals surface area (Å²) in [7, 11) is 0. The molecule has 0 bridgehead atoms. The molecule has 1 unspecified atom stereocenters. The molecule has 1 aromatic heterocycles. The molecule has 1 N–H and O–H groups in total. The number of halogens is 3. The second kappa shape index (κ2) is 5.98. The monoisotopic (exact) mass is 359 g/mol. The number of anilines is 1. The van der Waals surface area contributed by atoms with Gasteiger partial charge in [0, 0.05) is 19.0 Å². The van der Waals surface area contributed by atoms with Crippen molar-refractivity contribution in [2.45, 2.75) is 18.9 Å². The van der Waals surface area contributed by atoms with Crippen LogP contribution in [0.3, 0.4) is 0 Å². The number of para-hydroxylation sites is 1. The largest absolute Gasteiger partial charge is 0.326 e. The highest BCUT2D eigenvalue weighted by molar-refractivity contribution is 6.12. The number of imidazole rings is 1. The molecule has 0 fully saturated rings. The van der Waals surface area contributed by atoms with Crippen molar-refractivity contribution in [2.75, 3.05) is 5.32 Å². The Bertz CT molecular complexity index is 1040. The van der Waals surface area contributed by atoms with E-state index in [1.165, 1.54) is 24.3 Å². The molecule has 3 aromatic rings. The minimum absolute atomic E-state index is 0.0632. The zero-order chi connectivity index (χ0) is 18.4. The van der Waals surface area contributed by atoms with E-state index in [0.717, 1.165) is 12.1 Å². The molecule has 0 radical (unpaired) electrons. The summed E-state index contributed by atoms with van der Waals surface area (Å²) in [5.74, 6) is -4.87. The van der Waals surface area contributed by atoms with E-state index in [1.54, 1.807) is 4.57 Å². The standard InChI is InChI=1S/C18H12F3N3O2/c19-9-4-5-13-12(8-9)22-17-15(14(25)6-7-24(13)17)18(26)23-16-10(20)2-1-3-11(16)21/h1-5,8,15H,6-7H2,(H,23,26). The number of fused-ring (bicyclic) bond motifs is 3. The van der Waals surface area contributed by atoms with E-state index in [-0.39, 0.29) is 12.2 Å². The number of nitrogens with one attached hydrogen (secondary N) is 1. The number of ketones is 1. The molecule has 2 aromatic carbocycles. The average Bonchev–Trinajstić information content (AvgIpc) is 2.95. The van der Waals surface area contributed by atoms with Crippen LogP contribution in [0.4, 0.5) is 18.9 Å². The number of amides is 1. The molecule has 1 amide bonds. The number of hydrogen-bond acceptors (Lipinski definition) is 3. The Balaban J connectivity index is 1.76. The van der Waals surface area contributed by atoms with E-state index in [9.17, 15) is 22.8 Å². The van der Waals surface area contributed by atoms with Crippen molar-refractivity contribution >= 4 is 28.4 Å². The fraction of sp³-hybridized carbons (Fsp3) is 0.167. The summed E-state index contributed by atoms with van der Waals surface area (Å²) in [4.78, 5) is 29.1. The zero-order valence-electron chi connectivity index (χ0n) is 13.3. The van der Waals surface area contributed by atoms with Gasteiger partial charge in [0.2, 0.25) is 5.91 Å². The zero-order valence-corrected chi connectivity index (χ0v) is 13.3. The first kappa shape index (κ1) is 16.3. The van der Waals surface area contributed by atoms with Gasteiger partial charge in [-0.15, -0.1) is 0 Å². The third-order valence-corrected chi connectivity index (χ3v) is 4.37. The van der Waals surface area contributed by atoms with Gasteiger partial charge in [-0.2, -0.15) is 0 Å². The van der Waals surface area contributed by atoms with E-state index in [4.69, 9.17) is 0 Å². The van der Waals surface area contributed by atoms with Crippen molar-refractivity contribution in [3.8, 4) is 0 Å². The lowest BCUT2D eigenvalue weighted by Crippen LogP contribution is -2.34. The Morgan fingerprint density at radius 1 is 1.15 bits per heavy atom. The predicted molar refractivity (Wildman–Crippen MR) is 87.0 cm³/mol. The molecule has 8 heteroatoms. The summed E-state index contributed by atoms with van der Waals surface area (Å²) in [6, 6.07) is 7.15. The normalized spacial score (nSPS) is 16.6. The van der Waals surface area contributed by atoms with Gasteiger partial charge in [-0.3, -0.25) is 9.59 Å². The van der Waals surface area contributed by atoms with Gasteiger partial charge in [0.1, 0.15) is 29.0 Å². The topological polar surface area (TPSA) is 64.0 Å². The van der Waals surface area contributed by atoms with Gasteiger partial charge in [0.05, 0.1) is 11.0 Å². The van der Waals surface area contributed by atoms with Crippen LogP contribution in [0, 0.1) is 17.5 Å². The van der Waals surface area contributed by atoms with E-state index in [0.29, 0.717) is 17.6 Å². The van der Waals surface area contributed by atoms with Crippen molar-refractivity contribution in [2.24, 2.45) is 0 Å². The maximum Gasteiger partial charge on any atom is 0.242 e. The molecule has 0 saturated carbocycles. The molecule has 0 aliphatic carbocycles. The first-order chi connectivity index (χ1) is 12.5. The minimum atomic E-state index is -1.32. The summed E-state index contributed by atoms with van der Waals surface area (Å²) in [6.45, 7) is 0.300. The molecular formula is C18H12F3N3O2. The highest BCUT2D eigenvalue weighted by Gasteiger charge is 2.37. The first-order valence-corrected chi connectivity index (χ1v) is 7.89. The summed E-state index contributed by atoms with van der Waals surface area (Å²) in [5.41, 5.74) is 0.276. The minimum Gasteiger partial charge on any atom is -0.326 e. The van der Waals surface area contributed by atoms with E-state index in [2.05, 4.69) is 10.3 Å². The third kappa shape index (κ3) is 2.54. The third-order valence-electron chi connectivity index (χ3n) is 4.37. The Labute approximate surface area is 145 Å². The van der Waals surface area contributed by atoms with Crippen molar-refractivity contribution < 1.29 is 22.8 Å². The highest BCUT2D eigenvalue weighted by atomic mass is 19.1. The lowest BCUT2D eigenvalue weighted by Gasteiger charge is -2.22. The maximum absolute atomic E-state index is 13.8. The molecule has 2 heterocycles. The van der Waals surface area contributed by atoms with Crippen LogP contribution in [0.1, 0.15) is 18.2 Å². The van der Waals surface area contributed by atoms with Crippen LogP contribution in [0.25, 0.3) is 11.0 Å². The number of hydrogen-bond donors (Lipinski definition) is 1. The van der Waals surface area contributed by atoms with Gasteiger partial charge >= 0.3 is 0 Å². The lowest BCUT2D eigenvalue weighted by atomic mass is 9.96. The van der Waals surface area contributed by atoms with Crippen molar-refractivity contribution in [3.63, 3.8) is 0 Å².